The number of allylic oxidation sites excluding steroid dienone is 4. The highest BCUT2D eigenvalue weighted by molar-refractivity contribution is 4.85. The second-order valence-electron chi connectivity index (χ2n) is 9.32. The molecule has 0 unspecified atom stereocenters. The lowest BCUT2D eigenvalue weighted by Gasteiger charge is -2.29. The molecule has 0 N–H and O–H groups in total. The van der Waals surface area contributed by atoms with Crippen molar-refractivity contribution in [2.24, 2.45) is 23.7 Å². The summed E-state index contributed by atoms with van der Waals surface area (Å²) in [5.41, 5.74) is 0. The van der Waals surface area contributed by atoms with Crippen molar-refractivity contribution in [1.29, 1.82) is 0 Å². The molecule has 0 aromatic heterocycles. The minimum atomic E-state index is 0.997. The fraction of sp³-hybridized carbons (Fsp3) is 0.846. The third kappa shape index (κ3) is 8.92. The summed E-state index contributed by atoms with van der Waals surface area (Å²) in [6.07, 6.45) is 32.8. The van der Waals surface area contributed by atoms with E-state index in [4.69, 9.17) is 0 Å². The summed E-state index contributed by atoms with van der Waals surface area (Å²) >= 11 is 0. The molecule has 0 bridgehead atoms. The molecule has 0 atom stereocenters. The SMILES string of the molecule is CC=CCCC1CCC(CCCCC2CCC(CC=CCC)CC2)CC1. The van der Waals surface area contributed by atoms with Gasteiger partial charge in [-0.3, -0.25) is 0 Å². The molecular formula is C26H46. The van der Waals surface area contributed by atoms with Crippen LogP contribution in [0.2, 0.25) is 0 Å². The van der Waals surface area contributed by atoms with Gasteiger partial charge in [-0.1, -0.05) is 95.4 Å². The van der Waals surface area contributed by atoms with Crippen molar-refractivity contribution in [3.05, 3.63) is 24.3 Å². The Morgan fingerprint density at radius 2 is 1.12 bits per heavy atom. The van der Waals surface area contributed by atoms with Gasteiger partial charge in [0.1, 0.15) is 0 Å². The molecule has 150 valence electrons. The Kier molecular flexibility index (Phi) is 11.4. The fourth-order valence-corrected chi connectivity index (χ4v) is 5.38. The monoisotopic (exact) mass is 358 g/mol. The van der Waals surface area contributed by atoms with E-state index in [2.05, 4.69) is 38.2 Å². The Hall–Kier alpha value is -0.520. The quantitative estimate of drug-likeness (QED) is 0.255. The van der Waals surface area contributed by atoms with E-state index in [-0.39, 0.29) is 0 Å². The smallest absolute Gasteiger partial charge is 0.0322 e. The zero-order chi connectivity index (χ0) is 18.5. The Labute approximate surface area is 164 Å². The topological polar surface area (TPSA) is 0 Å². The van der Waals surface area contributed by atoms with Crippen LogP contribution in [0.5, 0.6) is 0 Å². The van der Waals surface area contributed by atoms with Crippen LogP contribution in [0, 0.1) is 23.7 Å². The molecule has 2 saturated carbocycles. The highest BCUT2D eigenvalue weighted by Gasteiger charge is 2.22. The van der Waals surface area contributed by atoms with Crippen molar-refractivity contribution in [2.75, 3.05) is 0 Å². The predicted molar refractivity (Wildman–Crippen MR) is 117 cm³/mol. The van der Waals surface area contributed by atoms with Gasteiger partial charge in [0.25, 0.3) is 0 Å². The van der Waals surface area contributed by atoms with Gasteiger partial charge in [0.15, 0.2) is 0 Å². The Balaban J connectivity index is 1.46. The third-order valence-electron chi connectivity index (χ3n) is 7.26. The van der Waals surface area contributed by atoms with E-state index in [0.29, 0.717) is 0 Å². The first-order valence-electron chi connectivity index (χ1n) is 12.1. The molecule has 0 saturated heterocycles. The van der Waals surface area contributed by atoms with Gasteiger partial charge in [0, 0.05) is 0 Å². The molecule has 0 aromatic rings. The third-order valence-corrected chi connectivity index (χ3v) is 7.26. The minimum absolute atomic E-state index is 0.997. The van der Waals surface area contributed by atoms with Crippen molar-refractivity contribution < 1.29 is 0 Å². The van der Waals surface area contributed by atoms with E-state index in [1.807, 2.05) is 0 Å². The van der Waals surface area contributed by atoms with E-state index in [1.165, 1.54) is 103 Å². The van der Waals surface area contributed by atoms with E-state index in [0.717, 1.165) is 23.7 Å². The molecule has 0 heteroatoms. The lowest BCUT2D eigenvalue weighted by molar-refractivity contribution is 0.238. The Morgan fingerprint density at radius 3 is 1.62 bits per heavy atom. The van der Waals surface area contributed by atoms with Gasteiger partial charge < -0.3 is 0 Å². The highest BCUT2D eigenvalue weighted by Crippen LogP contribution is 2.36. The van der Waals surface area contributed by atoms with Gasteiger partial charge in [-0.25, -0.2) is 0 Å². The molecule has 2 aliphatic carbocycles. The molecule has 2 fully saturated rings. The molecule has 0 spiro atoms. The molecule has 2 aliphatic rings. The summed E-state index contributed by atoms with van der Waals surface area (Å²) in [7, 11) is 0. The maximum absolute atomic E-state index is 2.43. The lowest BCUT2D eigenvalue weighted by Crippen LogP contribution is -2.15. The van der Waals surface area contributed by atoms with Gasteiger partial charge >= 0.3 is 0 Å². The van der Waals surface area contributed by atoms with E-state index in [1.54, 1.807) is 0 Å². The van der Waals surface area contributed by atoms with Crippen LogP contribution >= 0.6 is 0 Å². The summed E-state index contributed by atoms with van der Waals surface area (Å²) in [5.74, 6) is 4.15. The standard InChI is InChI=1S/C26H46/c1-3-5-7-11-23-15-19-25(20-16-23)13-9-10-14-26-21-17-24(18-22-26)12-8-6-4-2/h3,5-6,8,23-26H,4,7,9-22H2,1-2H3. The minimum Gasteiger partial charge on any atom is -0.0917 e. The van der Waals surface area contributed by atoms with Crippen molar-refractivity contribution >= 4 is 0 Å². The largest absolute Gasteiger partial charge is 0.0917 e. The normalized spacial score (nSPS) is 30.4. The maximum Gasteiger partial charge on any atom is -0.0322 e. The van der Waals surface area contributed by atoms with Gasteiger partial charge in [-0.15, -0.1) is 0 Å². The first-order chi connectivity index (χ1) is 12.8. The fourth-order valence-electron chi connectivity index (χ4n) is 5.38. The Morgan fingerprint density at radius 1 is 0.615 bits per heavy atom. The predicted octanol–water partition coefficient (Wildman–Crippen LogP) is 8.87. The zero-order valence-corrected chi connectivity index (χ0v) is 17.9. The number of hydrogen-bond acceptors (Lipinski definition) is 0. The van der Waals surface area contributed by atoms with Crippen molar-refractivity contribution in [2.45, 2.75) is 117 Å². The van der Waals surface area contributed by atoms with Gasteiger partial charge in [0.2, 0.25) is 0 Å². The van der Waals surface area contributed by atoms with Crippen LogP contribution in [0.3, 0.4) is 0 Å². The highest BCUT2D eigenvalue weighted by atomic mass is 14.3. The molecule has 0 radical (unpaired) electrons. The average molecular weight is 359 g/mol. The maximum atomic E-state index is 2.43. The molecule has 2 rings (SSSR count). The van der Waals surface area contributed by atoms with Crippen molar-refractivity contribution in [3.8, 4) is 0 Å². The molecular weight excluding hydrogens is 312 g/mol. The van der Waals surface area contributed by atoms with E-state index >= 15 is 0 Å². The average Bonchev–Trinajstić information content (AvgIpc) is 2.68. The van der Waals surface area contributed by atoms with Crippen LogP contribution in [0.4, 0.5) is 0 Å². The summed E-state index contributed by atoms with van der Waals surface area (Å²) in [4.78, 5) is 0. The van der Waals surface area contributed by atoms with Crippen LogP contribution in [0.1, 0.15) is 117 Å². The van der Waals surface area contributed by atoms with Gasteiger partial charge in [-0.2, -0.15) is 0 Å². The molecule has 0 amide bonds. The summed E-state index contributed by atoms with van der Waals surface area (Å²) in [6, 6.07) is 0. The van der Waals surface area contributed by atoms with Crippen LogP contribution in [-0.2, 0) is 0 Å². The van der Waals surface area contributed by atoms with Crippen LogP contribution in [-0.4, -0.2) is 0 Å². The number of hydrogen-bond donors (Lipinski definition) is 0. The first kappa shape index (κ1) is 21.8. The zero-order valence-electron chi connectivity index (χ0n) is 17.9. The Bertz CT molecular complexity index is 375. The van der Waals surface area contributed by atoms with Gasteiger partial charge in [-0.05, 0) is 69.1 Å². The first-order valence-corrected chi connectivity index (χ1v) is 12.1. The molecule has 0 aromatic carbocycles. The van der Waals surface area contributed by atoms with Crippen molar-refractivity contribution in [1.82, 2.24) is 0 Å². The van der Waals surface area contributed by atoms with E-state index in [9.17, 15) is 0 Å². The number of unbranched alkanes of at least 4 members (excludes halogenated alkanes) is 1. The summed E-state index contributed by atoms with van der Waals surface area (Å²) in [6.45, 7) is 4.39. The summed E-state index contributed by atoms with van der Waals surface area (Å²) < 4.78 is 0. The van der Waals surface area contributed by atoms with Crippen LogP contribution < -0.4 is 0 Å². The summed E-state index contributed by atoms with van der Waals surface area (Å²) in [5, 5.41) is 0. The molecule has 0 heterocycles. The second-order valence-corrected chi connectivity index (χ2v) is 9.32. The van der Waals surface area contributed by atoms with E-state index < -0.39 is 0 Å². The molecule has 0 nitrogen and oxygen atoms in total. The lowest BCUT2D eigenvalue weighted by atomic mass is 9.77. The van der Waals surface area contributed by atoms with Crippen LogP contribution in [0.25, 0.3) is 0 Å². The van der Waals surface area contributed by atoms with Crippen LogP contribution in [0.15, 0.2) is 24.3 Å². The van der Waals surface area contributed by atoms with Gasteiger partial charge in [0.05, 0.1) is 0 Å². The molecule has 0 aliphatic heterocycles. The van der Waals surface area contributed by atoms with Crippen molar-refractivity contribution in [3.63, 3.8) is 0 Å². The second kappa shape index (κ2) is 13.6. The molecule has 26 heavy (non-hydrogen) atoms. The number of rotatable bonds is 11.